The quantitative estimate of drug-likeness (QED) is 0.0127. The smallest absolute Gasteiger partial charge is 0.326 e. The van der Waals surface area contributed by atoms with Gasteiger partial charge in [0.25, 0.3) is 0 Å². The van der Waals surface area contributed by atoms with Crippen LogP contribution < -0.4 is 113 Å². The fourth-order valence-electron chi connectivity index (χ4n) is 12.6. The number of aliphatic hydroxyl groups excluding tert-OH is 2. The third-order valence-corrected chi connectivity index (χ3v) is 19.8. The third kappa shape index (κ3) is 40.5. The van der Waals surface area contributed by atoms with Crippen molar-refractivity contribution in [3.63, 3.8) is 0 Å². The zero-order valence-corrected chi connectivity index (χ0v) is 71.6. The van der Waals surface area contributed by atoms with Crippen LogP contribution in [0.15, 0.2) is 66.7 Å². The number of phenolic OH excluding ortho intramolecular Hbond substituents is 1. The largest absolute Gasteiger partial charge is 0.508 e. The fourth-order valence-corrected chi connectivity index (χ4v) is 12.6. The van der Waals surface area contributed by atoms with Gasteiger partial charge in [-0.05, 0) is 111 Å². The summed E-state index contributed by atoms with van der Waals surface area (Å²) in [6, 6.07) is -7.33. The average Bonchev–Trinajstić information content (AvgIpc) is 0.856. The molecule has 0 saturated carbocycles. The zero-order valence-electron chi connectivity index (χ0n) is 71.6. The normalized spacial score (nSPS) is 19.7. The maximum atomic E-state index is 15.1. The number of nitrogens with two attached hydrogens (primary N) is 4. The number of rotatable bonds is 44. The number of phenols is 1. The standard InChI is InChI=1S/C80H127N23O22/c1-9-44(8)65(103-71(117)53(22-16-32-88-80(85)86)97-72(118)55(33-41(2)3)99-66(112)49(81)34-46-23-26-48(106)27-24-46)77(123)102-63(42(4)5)75(121)92-47(25-29-59(82)107)36-89-50-19-13-14-20-51(67(113)90-37-60(108)93-56(78(124)125)35-45-17-11-10-12-18-45)95-73(119)57(39-104)94-61(109)38-91-68(114)54(28-30-62(110)111)98-76(122)64(43(6)7)101-74(120)58(40-105)100-70(116)52(96-69(50)115)21-15-31-87-79(83)84/h10-14,17-18,23-24,26-27,41-44,47,49-58,63-65,89,104-106H,9,15-16,19-22,25,28-40,81H2,1-8H3,(H2,82,107)(H,90,113)(H,91,114)(H,92,121)(H,93,108)(H,94,109)(H,95,119)(H,96,115)(H,97,118)(H,98,122)(H,99,112)(H,100,116)(H,101,120)(H,102,123)(H,103,117)(H,110,111)(H,124,125)(H4,83,84,87)(H4,85,86,88)/t44?,47-,49+,50-,51+,52-,53-,54+,55-,56+,57?,58-,63-,64-,65-/m1/s1. The first-order valence-electron chi connectivity index (χ1n) is 41.2. The van der Waals surface area contributed by atoms with E-state index in [-0.39, 0.29) is 88.5 Å². The lowest BCUT2D eigenvalue weighted by Gasteiger charge is -2.31. The van der Waals surface area contributed by atoms with E-state index in [0.29, 0.717) is 11.1 Å². The number of carboxylic acids is 2. The van der Waals surface area contributed by atoms with Crippen molar-refractivity contribution < 1.29 is 107 Å². The van der Waals surface area contributed by atoms with Crippen LogP contribution in [0.4, 0.5) is 0 Å². The van der Waals surface area contributed by atoms with Crippen molar-refractivity contribution in [1.82, 2.24) is 90.4 Å². The van der Waals surface area contributed by atoms with E-state index in [2.05, 4.69) is 90.4 Å². The van der Waals surface area contributed by atoms with Gasteiger partial charge in [-0.3, -0.25) is 87.5 Å². The van der Waals surface area contributed by atoms with E-state index in [4.69, 9.17) is 33.8 Å². The van der Waals surface area contributed by atoms with Crippen LogP contribution in [0, 0.1) is 34.5 Å². The number of carboxylic acid groups (broad SMARTS) is 2. The number of carbonyl (C=O) groups excluding carboxylic acids is 15. The summed E-state index contributed by atoms with van der Waals surface area (Å²) in [5, 5.41) is 109. The van der Waals surface area contributed by atoms with Crippen LogP contribution in [0.1, 0.15) is 144 Å². The topological polar surface area (TPSA) is 748 Å². The van der Waals surface area contributed by atoms with Crippen molar-refractivity contribution in [1.29, 1.82) is 10.8 Å². The molecule has 0 aromatic heterocycles. The van der Waals surface area contributed by atoms with Gasteiger partial charge in [-0.1, -0.05) is 116 Å². The molecule has 0 radical (unpaired) electrons. The van der Waals surface area contributed by atoms with E-state index in [9.17, 15) is 102 Å². The van der Waals surface area contributed by atoms with E-state index in [1.165, 1.54) is 38.1 Å². The summed E-state index contributed by atoms with van der Waals surface area (Å²) in [7, 11) is 0. The molecular weight excluding hydrogens is 1640 g/mol. The second-order valence-corrected chi connectivity index (χ2v) is 31.4. The van der Waals surface area contributed by atoms with E-state index < -0.39 is 274 Å². The molecule has 0 saturated heterocycles. The summed E-state index contributed by atoms with van der Waals surface area (Å²) in [5.41, 5.74) is 24.2. The first kappa shape index (κ1) is 107. The number of nitrogens with one attached hydrogen (secondary N) is 19. The van der Waals surface area contributed by atoms with Gasteiger partial charge in [-0.25, -0.2) is 4.79 Å². The molecule has 125 heavy (non-hydrogen) atoms. The highest BCUT2D eigenvalue weighted by Crippen LogP contribution is 2.17. The molecule has 0 bridgehead atoms. The number of guanidine groups is 2. The van der Waals surface area contributed by atoms with Crippen molar-refractivity contribution in [3.05, 3.63) is 77.9 Å². The van der Waals surface area contributed by atoms with Gasteiger partial charge in [0.2, 0.25) is 88.6 Å². The molecule has 1 heterocycles. The molecule has 15 atom stereocenters. The third-order valence-electron chi connectivity index (χ3n) is 19.8. The SMILES string of the molecule is CCC(C)[C@@H](NC(=O)[C@@H](CCCNC(=N)N)NC(=O)[C@@H](CC(C)C)NC(=O)[C@@H](N)Cc1ccc(O)cc1)C(=O)N[C@@H](C(=O)N[C@H](CCC(N)=O)CN[C@@H]1CC=CC[C@@H](C(=O)NCC(=O)N[C@@H](Cc2ccccc2)C(=O)O)NC(=O)C(CO)NC(=O)CNC(=O)[C@H](CCC(=O)O)NC(=O)[C@@H](C(C)C)NC(=O)[C@@H](CO)NC(=O)[C@@H](CCCNC(=N)N)NC1=O)C(C)C. The van der Waals surface area contributed by atoms with E-state index in [1.807, 2.05) is 0 Å². The molecule has 0 spiro atoms. The molecule has 45 heteroatoms. The molecule has 15 amide bonds. The molecule has 1 aliphatic rings. The molecule has 1 aliphatic heterocycles. The van der Waals surface area contributed by atoms with Crippen LogP contribution in [0.3, 0.4) is 0 Å². The summed E-state index contributed by atoms with van der Waals surface area (Å²) < 4.78 is 0. The number of aliphatic hydroxyl groups is 2. The van der Waals surface area contributed by atoms with Gasteiger partial charge >= 0.3 is 11.9 Å². The summed E-state index contributed by atoms with van der Waals surface area (Å²) in [5.74, 6) is -21.3. The first-order chi connectivity index (χ1) is 59.0. The predicted molar refractivity (Wildman–Crippen MR) is 453 cm³/mol. The Kier molecular flexibility index (Phi) is 47.3. The van der Waals surface area contributed by atoms with Crippen molar-refractivity contribution >= 4 is 112 Å². The van der Waals surface area contributed by atoms with Gasteiger partial charge in [0.1, 0.15) is 72.2 Å². The minimum atomic E-state index is -1.92. The van der Waals surface area contributed by atoms with Gasteiger partial charge in [0.15, 0.2) is 11.9 Å². The average molecular weight is 1760 g/mol. The molecular formula is C80H127N23O22. The van der Waals surface area contributed by atoms with Crippen LogP contribution in [0.25, 0.3) is 0 Å². The maximum Gasteiger partial charge on any atom is 0.326 e. The summed E-state index contributed by atoms with van der Waals surface area (Å²) >= 11 is 0. The Morgan fingerprint density at radius 2 is 1.10 bits per heavy atom. The Morgan fingerprint density at radius 1 is 0.544 bits per heavy atom. The second kappa shape index (κ2) is 55.5. The van der Waals surface area contributed by atoms with Crippen LogP contribution in [0.2, 0.25) is 0 Å². The van der Waals surface area contributed by atoms with Crippen molar-refractivity contribution in [2.75, 3.05) is 45.9 Å². The number of benzene rings is 2. The van der Waals surface area contributed by atoms with Crippen LogP contribution >= 0.6 is 0 Å². The monoisotopic (exact) mass is 1760 g/mol. The lowest BCUT2D eigenvalue weighted by Crippen LogP contribution is -2.61. The number of primary amides is 1. The van der Waals surface area contributed by atoms with Crippen molar-refractivity contribution in [2.45, 2.75) is 230 Å². The molecule has 32 N–H and O–H groups in total. The van der Waals surface area contributed by atoms with Gasteiger partial charge in [-0.15, -0.1) is 0 Å². The maximum absolute atomic E-state index is 15.1. The van der Waals surface area contributed by atoms with Crippen LogP contribution in [-0.2, 0) is 94.3 Å². The highest BCUT2D eigenvalue weighted by Gasteiger charge is 2.39. The number of carbonyl (C=O) groups is 17. The lowest BCUT2D eigenvalue weighted by molar-refractivity contribution is -0.142. The number of amides is 15. The van der Waals surface area contributed by atoms with Crippen molar-refractivity contribution in [2.24, 2.45) is 46.6 Å². The summed E-state index contributed by atoms with van der Waals surface area (Å²) in [6.45, 7) is 8.33. The minimum Gasteiger partial charge on any atom is -0.508 e. The fraction of sp³-hybridized carbons (Fsp3) is 0.588. The Balaban J connectivity index is 2.21. The Labute approximate surface area is 723 Å². The van der Waals surface area contributed by atoms with E-state index in [1.54, 1.807) is 84.0 Å². The molecule has 694 valence electrons. The number of hydrogen-bond donors (Lipinski definition) is 28. The predicted octanol–water partition coefficient (Wildman–Crippen LogP) is -7.01. The number of hydrogen-bond acceptors (Lipinski definition) is 24. The van der Waals surface area contributed by atoms with Crippen molar-refractivity contribution in [3.8, 4) is 5.75 Å². The minimum absolute atomic E-state index is 0.00649. The van der Waals surface area contributed by atoms with E-state index in [0.717, 1.165) is 0 Å². The van der Waals surface area contributed by atoms with Gasteiger partial charge < -0.3 is 139 Å². The number of aliphatic carboxylic acids is 2. The molecule has 0 aliphatic carbocycles. The number of aromatic hydroxyl groups is 1. The molecule has 2 aromatic rings. The van der Waals surface area contributed by atoms with Gasteiger partial charge in [0, 0.05) is 44.9 Å². The van der Waals surface area contributed by atoms with Gasteiger partial charge in [0.05, 0.1) is 38.4 Å². The van der Waals surface area contributed by atoms with E-state index >= 15 is 4.79 Å². The summed E-state index contributed by atoms with van der Waals surface area (Å²) in [6.07, 6.45) is -0.653. The van der Waals surface area contributed by atoms with Crippen LogP contribution in [-0.4, -0.2) is 269 Å². The highest BCUT2D eigenvalue weighted by molar-refractivity contribution is 6.00. The Bertz CT molecular complexity index is 4030. The van der Waals surface area contributed by atoms with Crippen LogP contribution in [0.5, 0.6) is 5.75 Å². The molecule has 2 unspecified atom stereocenters. The highest BCUT2D eigenvalue weighted by atomic mass is 16.4. The molecule has 0 fully saturated rings. The molecule has 3 rings (SSSR count). The molecule has 2 aromatic carbocycles. The first-order valence-corrected chi connectivity index (χ1v) is 41.2. The zero-order chi connectivity index (χ0) is 93.7. The second-order valence-electron chi connectivity index (χ2n) is 31.4. The summed E-state index contributed by atoms with van der Waals surface area (Å²) in [4.78, 5) is 236. The lowest BCUT2D eigenvalue weighted by atomic mass is 9.95. The van der Waals surface area contributed by atoms with Gasteiger partial charge in [-0.2, -0.15) is 0 Å². The molecule has 45 nitrogen and oxygen atoms in total. The Hall–Kier alpha value is -12.6. The Morgan fingerprint density at radius 3 is 1.68 bits per heavy atom.